The zero-order chi connectivity index (χ0) is 8.43. The van der Waals surface area contributed by atoms with E-state index in [2.05, 4.69) is 30.5 Å². The van der Waals surface area contributed by atoms with Crippen molar-refractivity contribution in [1.82, 2.24) is 14.8 Å². The van der Waals surface area contributed by atoms with Crippen molar-refractivity contribution in [2.24, 2.45) is 0 Å². The molecule has 0 amide bonds. The first-order valence-electron chi connectivity index (χ1n) is 3.70. The zero-order valence-corrected chi connectivity index (χ0v) is 7.20. The Balaban J connectivity index is 3.06. The Kier molecular flexibility index (Phi) is 2.08. The van der Waals surface area contributed by atoms with Gasteiger partial charge < -0.3 is 0 Å². The molecule has 3 nitrogen and oxygen atoms in total. The maximum Gasteiger partial charge on any atom is 0.173 e. The van der Waals surface area contributed by atoms with Crippen LogP contribution in [0.25, 0.3) is 6.08 Å². The van der Waals surface area contributed by atoms with E-state index in [1.54, 1.807) is 6.08 Å². The summed E-state index contributed by atoms with van der Waals surface area (Å²) in [5.74, 6) is 1.64. The number of hydrogen-bond donors (Lipinski definition) is 0. The lowest BCUT2D eigenvalue weighted by Gasteiger charge is -2.04. The van der Waals surface area contributed by atoms with E-state index < -0.39 is 0 Å². The highest BCUT2D eigenvalue weighted by Gasteiger charge is 2.04. The van der Waals surface area contributed by atoms with Crippen LogP contribution in [0.4, 0.5) is 0 Å². The van der Waals surface area contributed by atoms with Gasteiger partial charge in [-0.05, 0) is 26.8 Å². The van der Waals surface area contributed by atoms with Crippen LogP contribution in [0, 0.1) is 6.92 Å². The lowest BCUT2D eigenvalue weighted by atomic mass is 10.4. The van der Waals surface area contributed by atoms with E-state index in [0.717, 1.165) is 5.82 Å². The van der Waals surface area contributed by atoms with Crippen LogP contribution in [0.15, 0.2) is 6.58 Å². The zero-order valence-electron chi connectivity index (χ0n) is 7.20. The van der Waals surface area contributed by atoms with Crippen LogP contribution >= 0.6 is 0 Å². The van der Waals surface area contributed by atoms with Crippen molar-refractivity contribution in [2.75, 3.05) is 0 Å². The fourth-order valence-electron chi connectivity index (χ4n) is 0.998. The Bertz CT molecular complexity index is 260. The molecule has 0 spiro atoms. The lowest BCUT2D eigenvalue weighted by molar-refractivity contribution is 0.516. The van der Waals surface area contributed by atoms with Crippen LogP contribution in [0.3, 0.4) is 0 Å². The third-order valence-corrected chi connectivity index (χ3v) is 1.49. The van der Waals surface area contributed by atoms with E-state index in [1.165, 1.54) is 0 Å². The summed E-state index contributed by atoms with van der Waals surface area (Å²) in [6.45, 7) is 9.71. The minimum Gasteiger partial charge on any atom is -0.247 e. The molecule has 0 radical (unpaired) electrons. The molecule has 3 heteroatoms. The van der Waals surface area contributed by atoms with Gasteiger partial charge in [0.25, 0.3) is 0 Å². The second-order valence-electron chi connectivity index (χ2n) is 2.76. The van der Waals surface area contributed by atoms with E-state index in [4.69, 9.17) is 0 Å². The standard InChI is InChI=1S/C8H13N3/c1-5-8-9-7(4)11(10-8)6(2)3/h5-6H,1H2,2-4H3. The predicted molar refractivity (Wildman–Crippen MR) is 45.2 cm³/mol. The summed E-state index contributed by atoms with van der Waals surface area (Å²) in [5, 5.41) is 4.22. The second kappa shape index (κ2) is 2.86. The number of nitrogens with zero attached hydrogens (tertiary/aromatic N) is 3. The van der Waals surface area contributed by atoms with Gasteiger partial charge in [0.05, 0.1) is 0 Å². The van der Waals surface area contributed by atoms with Crippen LogP contribution in [0.2, 0.25) is 0 Å². The maximum absolute atomic E-state index is 4.22. The Hall–Kier alpha value is -1.12. The van der Waals surface area contributed by atoms with Crippen LogP contribution in [-0.2, 0) is 0 Å². The topological polar surface area (TPSA) is 30.7 Å². The first-order chi connectivity index (χ1) is 5.15. The van der Waals surface area contributed by atoms with Gasteiger partial charge in [0, 0.05) is 6.04 Å². The molecule has 1 rings (SSSR count). The molecule has 0 saturated carbocycles. The van der Waals surface area contributed by atoms with E-state index in [9.17, 15) is 0 Å². The van der Waals surface area contributed by atoms with Crippen molar-refractivity contribution in [1.29, 1.82) is 0 Å². The van der Waals surface area contributed by atoms with Crippen molar-refractivity contribution < 1.29 is 0 Å². The first-order valence-corrected chi connectivity index (χ1v) is 3.70. The minimum atomic E-state index is 0.371. The molecule has 0 saturated heterocycles. The SMILES string of the molecule is C=Cc1nc(C)n(C(C)C)n1. The lowest BCUT2D eigenvalue weighted by Crippen LogP contribution is -2.04. The fraction of sp³-hybridized carbons (Fsp3) is 0.500. The highest BCUT2D eigenvalue weighted by molar-refractivity contribution is 5.34. The highest BCUT2D eigenvalue weighted by atomic mass is 15.4. The van der Waals surface area contributed by atoms with Crippen molar-refractivity contribution in [2.45, 2.75) is 26.8 Å². The molecule has 0 aliphatic carbocycles. The third kappa shape index (κ3) is 1.48. The summed E-state index contributed by atoms with van der Waals surface area (Å²) in [5.41, 5.74) is 0. The Morgan fingerprint density at radius 2 is 2.18 bits per heavy atom. The van der Waals surface area contributed by atoms with Crippen molar-refractivity contribution >= 4 is 6.08 Å². The maximum atomic E-state index is 4.22. The molecule has 0 aliphatic heterocycles. The molecule has 60 valence electrons. The monoisotopic (exact) mass is 151 g/mol. The Morgan fingerprint density at radius 3 is 2.45 bits per heavy atom. The number of aryl methyl sites for hydroxylation is 1. The van der Waals surface area contributed by atoms with Gasteiger partial charge in [-0.1, -0.05) is 6.58 Å². The number of hydrogen-bond acceptors (Lipinski definition) is 2. The van der Waals surface area contributed by atoms with Gasteiger partial charge in [-0.25, -0.2) is 9.67 Å². The second-order valence-corrected chi connectivity index (χ2v) is 2.76. The molecular weight excluding hydrogens is 138 g/mol. The summed E-state index contributed by atoms with van der Waals surface area (Å²) >= 11 is 0. The van der Waals surface area contributed by atoms with Gasteiger partial charge in [0.1, 0.15) is 5.82 Å². The van der Waals surface area contributed by atoms with Gasteiger partial charge >= 0.3 is 0 Å². The van der Waals surface area contributed by atoms with Crippen LogP contribution in [-0.4, -0.2) is 14.8 Å². The molecule has 1 aromatic heterocycles. The molecule has 1 aromatic rings. The molecule has 0 aromatic carbocycles. The molecule has 0 unspecified atom stereocenters. The van der Waals surface area contributed by atoms with Crippen molar-refractivity contribution in [3.8, 4) is 0 Å². The van der Waals surface area contributed by atoms with Gasteiger partial charge in [-0.2, -0.15) is 5.10 Å². The number of rotatable bonds is 2. The van der Waals surface area contributed by atoms with Crippen molar-refractivity contribution in [3.63, 3.8) is 0 Å². The summed E-state index contributed by atoms with van der Waals surface area (Å²) in [6, 6.07) is 0.371. The van der Waals surface area contributed by atoms with Crippen molar-refractivity contribution in [3.05, 3.63) is 18.2 Å². The number of aromatic nitrogens is 3. The Morgan fingerprint density at radius 1 is 1.55 bits per heavy atom. The fourth-order valence-corrected chi connectivity index (χ4v) is 0.998. The van der Waals surface area contributed by atoms with Gasteiger partial charge in [-0.15, -0.1) is 0 Å². The predicted octanol–water partition coefficient (Wildman–Crippen LogP) is 1.81. The average Bonchev–Trinajstić information content (AvgIpc) is 2.30. The van der Waals surface area contributed by atoms with Gasteiger partial charge in [0.15, 0.2) is 5.82 Å². The summed E-state index contributed by atoms with van der Waals surface area (Å²) in [7, 11) is 0. The summed E-state index contributed by atoms with van der Waals surface area (Å²) in [6.07, 6.45) is 1.66. The molecule has 1 heterocycles. The molecule has 0 N–H and O–H groups in total. The molecule has 11 heavy (non-hydrogen) atoms. The molecule has 0 bridgehead atoms. The summed E-state index contributed by atoms with van der Waals surface area (Å²) in [4.78, 5) is 4.18. The Labute approximate surface area is 66.8 Å². The minimum absolute atomic E-state index is 0.371. The third-order valence-electron chi connectivity index (χ3n) is 1.49. The normalized spacial score (nSPS) is 10.5. The average molecular weight is 151 g/mol. The quantitative estimate of drug-likeness (QED) is 0.645. The van der Waals surface area contributed by atoms with E-state index in [0.29, 0.717) is 11.9 Å². The van der Waals surface area contributed by atoms with Gasteiger partial charge in [0.2, 0.25) is 0 Å². The molecule has 0 atom stereocenters. The van der Waals surface area contributed by atoms with Crippen LogP contribution in [0.1, 0.15) is 31.5 Å². The molecular formula is C8H13N3. The van der Waals surface area contributed by atoms with Crippen LogP contribution < -0.4 is 0 Å². The molecule has 0 fully saturated rings. The van der Waals surface area contributed by atoms with Crippen LogP contribution in [0.5, 0.6) is 0 Å². The van der Waals surface area contributed by atoms with E-state index in [1.807, 2.05) is 11.6 Å². The van der Waals surface area contributed by atoms with Gasteiger partial charge in [-0.3, -0.25) is 0 Å². The molecule has 0 aliphatic rings. The van der Waals surface area contributed by atoms with E-state index in [-0.39, 0.29) is 0 Å². The summed E-state index contributed by atoms with van der Waals surface area (Å²) < 4.78 is 1.89. The smallest absolute Gasteiger partial charge is 0.173 e. The highest BCUT2D eigenvalue weighted by Crippen LogP contribution is 2.06. The van der Waals surface area contributed by atoms with E-state index >= 15 is 0 Å². The largest absolute Gasteiger partial charge is 0.247 e. The first kappa shape index (κ1) is 7.98.